The molecule has 3 aromatic rings. The fraction of sp³-hybridized carbons (Fsp3) is 0.167. The Morgan fingerprint density at radius 2 is 1.52 bits per heavy atom. The maximum absolute atomic E-state index is 6.14. The second-order valence-electron chi connectivity index (χ2n) is 5.48. The lowest BCUT2D eigenvalue weighted by Gasteiger charge is -2.08. The number of nitrogen functional groups attached to an aromatic ring is 1. The first kappa shape index (κ1) is 13.4. The molecular weight excluding hydrogens is 258 g/mol. The van der Waals surface area contributed by atoms with Crippen molar-refractivity contribution in [3.63, 3.8) is 0 Å². The summed E-state index contributed by atoms with van der Waals surface area (Å²) >= 11 is 0. The van der Waals surface area contributed by atoms with Gasteiger partial charge in [0.2, 0.25) is 0 Å². The van der Waals surface area contributed by atoms with Crippen molar-refractivity contribution in [1.82, 2.24) is 9.78 Å². The van der Waals surface area contributed by atoms with E-state index in [9.17, 15) is 0 Å². The molecule has 21 heavy (non-hydrogen) atoms. The summed E-state index contributed by atoms with van der Waals surface area (Å²) in [4.78, 5) is 0. The Morgan fingerprint density at radius 3 is 2.14 bits per heavy atom. The molecule has 3 heteroatoms. The van der Waals surface area contributed by atoms with Crippen LogP contribution in [0.15, 0.2) is 48.5 Å². The third-order valence-corrected chi connectivity index (χ3v) is 3.67. The van der Waals surface area contributed by atoms with Crippen LogP contribution in [0.25, 0.3) is 16.9 Å². The molecule has 0 aliphatic heterocycles. The van der Waals surface area contributed by atoms with E-state index in [0.29, 0.717) is 5.82 Å². The molecule has 0 spiro atoms. The molecule has 1 heterocycles. The van der Waals surface area contributed by atoms with Gasteiger partial charge >= 0.3 is 0 Å². The van der Waals surface area contributed by atoms with Crippen LogP contribution in [0.2, 0.25) is 0 Å². The van der Waals surface area contributed by atoms with Gasteiger partial charge in [0.05, 0.1) is 11.4 Å². The monoisotopic (exact) mass is 277 g/mol. The summed E-state index contributed by atoms with van der Waals surface area (Å²) in [5, 5.41) is 4.69. The average molecular weight is 277 g/mol. The van der Waals surface area contributed by atoms with Gasteiger partial charge in [-0.25, -0.2) is 4.68 Å². The first-order valence-corrected chi connectivity index (χ1v) is 7.05. The van der Waals surface area contributed by atoms with Gasteiger partial charge in [0, 0.05) is 11.6 Å². The number of rotatable bonds is 2. The third-order valence-electron chi connectivity index (χ3n) is 3.67. The second kappa shape index (κ2) is 5.09. The highest BCUT2D eigenvalue weighted by molar-refractivity contribution is 5.70. The second-order valence-corrected chi connectivity index (χ2v) is 5.48. The summed E-state index contributed by atoms with van der Waals surface area (Å²) in [5.74, 6) is 0.649. The first-order valence-electron chi connectivity index (χ1n) is 7.05. The molecule has 0 amide bonds. The molecule has 0 saturated carbocycles. The van der Waals surface area contributed by atoms with Crippen LogP contribution >= 0.6 is 0 Å². The zero-order chi connectivity index (χ0) is 15.0. The number of nitrogens with zero attached hydrogens (tertiary/aromatic N) is 2. The topological polar surface area (TPSA) is 43.8 Å². The zero-order valence-corrected chi connectivity index (χ0v) is 12.6. The normalized spacial score (nSPS) is 10.8. The molecule has 3 rings (SSSR count). The van der Waals surface area contributed by atoms with Crippen molar-refractivity contribution in [1.29, 1.82) is 0 Å². The van der Waals surface area contributed by atoms with Gasteiger partial charge in [-0.05, 0) is 44.0 Å². The van der Waals surface area contributed by atoms with E-state index in [-0.39, 0.29) is 0 Å². The van der Waals surface area contributed by atoms with Crippen molar-refractivity contribution in [2.24, 2.45) is 0 Å². The van der Waals surface area contributed by atoms with E-state index in [4.69, 9.17) is 10.8 Å². The van der Waals surface area contributed by atoms with Gasteiger partial charge < -0.3 is 5.73 Å². The van der Waals surface area contributed by atoms with Crippen molar-refractivity contribution >= 4 is 5.82 Å². The third kappa shape index (κ3) is 2.42. The molecule has 0 radical (unpaired) electrons. The van der Waals surface area contributed by atoms with Gasteiger partial charge in [0.25, 0.3) is 0 Å². The van der Waals surface area contributed by atoms with E-state index in [1.54, 1.807) is 4.68 Å². The van der Waals surface area contributed by atoms with Gasteiger partial charge in [0.1, 0.15) is 5.82 Å². The Hall–Kier alpha value is -2.55. The smallest absolute Gasteiger partial charge is 0.127 e. The molecule has 2 N–H and O–H groups in total. The number of aromatic nitrogens is 2. The number of benzene rings is 2. The maximum atomic E-state index is 6.14. The summed E-state index contributed by atoms with van der Waals surface area (Å²) in [5.41, 5.74) is 12.9. The van der Waals surface area contributed by atoms with Crippen LogP contribution in [-0.2, 0) is 0 Å². The van der Waals surface area contributed by atoms with Crippen LogP contribution in [0.1, 0.15) is 16.7 Å². The molecule has 0 atom stereocenters. The minimum absolute atomic E-state index is 0.649. The maximum Gasteiger partial charge on any atom is 0.127 e. The highest BCUT2D eigenvalue weighted by Crippen LogP contribution is 2.29. The number of nitrogens with two attached hydrogens (primary N) is 1. The minimum atomic E-state index is 0.649. The van der Waals surface area contributed by atoms with Gasteiger partial charge in [-0.3, -0.25) is 0 Å². The minimum Gasteiger partial charge on any atom is -0.384 e. The van der Waals surface area contributed by atoms with E-state index in [1.807, 2.05) is 36.4 Å². The van der Waals surface area contributed by atoms with Gasteiger partial charge in [-0.15, -0.1) is 0 Å². The lowest BCUT2D eigenvalue weighted by Crippen LogP contribution is -2.01. The van der Waals surface area contributed by atoms with Crippen molar-refractivity contribution in [3.8, 4) is 16.9 Å². The van der Waals surface area contributed by atoms with Crippen LogP contribution in [0.5, 0.6) is 0 Å². The Morgan fingerprint density at radius 1 is 0.905 bits per heavy atom. The highest BCUT2D eigenvalue weighted by Gasteiger charge is 2.13. The largest absolute Gasteiger partial charge is 0.384 e. The van der Waals surface area contributed by atoms with Crippen LogP contribution in [-0.4, -0.2) is 9.78 Å². The molecule has 0 fully saturated rings. The summed E-state index contributed by atoms with van der Waals surface area (Å²) in [6.45, 7) is 6.35. The molecule has 0 saturated heterocycles. The van der Waals surface area contributed by atoms with Gasteiger partial charge in [-0.1, -0.05) is 35.9 Å². The van der Waals surface area contributed by atoms with Crippen molar-refractivity contribution in [2.75, 3.05) is 5.73 Å². The predicted octanol–water partition coefficient (Wildman–Crippen LogP) is 4.05. The van der Waals surface area contributed by atoms with E-state index in [2.05, 4.69) is 32.9 Å². The van der Waals surface area contributed by atoms with Crippen LogP contribution in [0.4, 0.5) is 5.82 Å². The lowest BCUT2D eigenvalue weighted by molar-refractivity contribution is 0.894. The summed E-state index contributed by atoms with van der Waals surface area (Å²) in [6, 6.07) is 16.3. The Bertz CT molecular complexity index is 762. The Labute approximate surface area is 125 Å². The quantitative estimate of drug-likeness (QED) is 0.768. The highest BCUT2D eigenvalue weighted by atomic mass is 15.3. The molecule has 0 aliphatic carbocycles. The standard InChI is InChI=1S/C18H19N3/c1-12-9-13(2)18(14(3)10-12)16-11-17(19)21(20-16)15-7-5-4-6-8-15/h4-11H,19H2,1-3H3. The number of aryl methyl sites for hydroxylation is 3. The van der Waals surface area contributed by atoms with E-state index in [1.165, 1.54) is 22.3 Å². The van der Waals surface area contributed by atoms with Gasteiger partial charge in [0.15, 0.2) is 0 Å². The fourth-order valence-electron chi connectivity index (χ4n) is 2.88. The SMILES string of the molecule is Cc1cc(C)c(-c2cc(N)n(-c3ccccc3)n2)c(C)c1. The molecular formula is C18H19N3. The van der Waals surface area contributed by atoms with E-state index in [0.717, 1.165) is 11.4 Å². The molecule has 1 aromatic heterocycles. The summed E-state index contributed by atoms with van der Waals surface area (Å²) in [6.07, 6.45) is 0. The number of para-hydroxylation sites is 1. The number of hydrogen-bond acceptors (Lipinski definition) is 2. The van der Waals surface area contributed by atoms with Gasteiger partial charge in [-0.2, -0.15) is 5.10 Å². The molecule has 0 unspecified atom stereocenters. The molecule has 3 nitrogen and oxygen atoms in total. The number of hydrogen-bond donors (Lipinski definition) is 1. The molecule has 2 aromatic carbocycles. The van der Waals surface area contributed by atoms with Crippen LogP contribution in [0.3, 0.4) is 0 Å². The predicted molar refractivity (Wildman–Crippen MR) is 87.6 cm³/mol. The van der Waals surface area contributed by atoms with Crippen LogP contribution in [0, 0.1) is 20.8 Å². The van der Waals surface area contributed by atoms with Crippen molar-refractivity contribution < 1.29 is 0 Å². The van der Waals surface area contributed by atoms with Crippen molar-refractivity contribution in [3.05, 3.63) is 65.2 Å². The van der Waals surface area contributed by atoms with Crippen molar-refractivity contribution in [2.45, 2.75) is 20.8 Å². The first-order chi connectivity index (χ1) is 10.1. The fourth-order valence-corrected chi connectivity index (χ4v) is 2.88. The Kier molecular flexibility index (Phi) is 3.26. The molecule has 0 aliphatic rings. The summed E-state index contributed by atoms with van der Waals surface area (Å²) in [7, 11) is 0. The van der Waals surface area contributed by atoms with Crippen LogP contribution < -0.4 is 5.73 Å². The molecule has 106 valence electrons. The van der Waals surface area contributed by atoms with E-state index >= 15 is 0 Å². The number of anilines is 1. The lowest BCUT2D eigenvalue weighted by atomic mass is 9.97. The Balaban J connectivity index is 2.14. The summed E-state index contributed by atoms with van der Waals surface area (Å²) < 4.78 is 1.79. The zero-order valence-electron chi connectivity index (χ0n) is 12.6. The van der Waals surface area contributed by atoms with E-state index < -0.39 is 0 Å². The average Bonchev–Trinajstić information content (AvgIpc) is 2.80. The molecule has 0 bridgehead atoms.